The normalized spacial score (nSPS) is 20.8. The number of fused-ring (bicyclic) bond motifs is 1. The smallest absolute Gasteiger partial charge is 0.229 e. The van der Waals surface area contributed by atoms with Gasteiger partial charge < -0.3 is 24.1 Å². The van der Waals surface area contributed by atoms with Gasteiger partial charge in [-0.25, -0.2) is 14.4 Å². The van der Waals surface area contributed by atoms with E-state index in [1.807, 2.05) is 30.3 Å². The number of halogens is 2. The van der Waals surface area contributed by atoms with Crippen LogP contribution in [0.2, 0.25) is 5.02 Å². The maximum atomic E-state index is 14.2. The highest BCUT2D eigenvalue weighted by atomic mass is 35.5. The molecule has 2 aromatic heterocycles. The molecule has 1 amide bonds. The largest absolute Gasteiger partial charge is 0.473 e. The lowest BCUT2D eigenvalue weighted by Crippen LogP contribution is -2.35. The molecule has 3 fully saturated rings. The van der Waals surface area contributed by atoms with E-state index in [2.05, 4.69) is 20.9 Å². The predicted molar refractivity (Wildman–Crippen MR) is 173 cm³/mol. The van der Waals surface area contributed by atoms with Crippen LogP contribution in [0, 0.1) is 11.7 Å². The van der Waals surface area contributed by atoms with Crippen LogP contribution in [0.15, 0.2) is 54.6 Å². The van der Waals surface area contributed by atoms with Crippen LogP contribution >= 0.6 is 11.6 Å². The average molecular weight is 648 g/mol. The van der Waals surface area contributed by atoms with Gasteiger partial charge in [-0.1, -0.05) is 23.7 Å². The lowest BCUT2D eigenvalue weighted by atomic mass is 9.93. The molecule has 5 heterocycles. The number of likely N-dealkylation sites (tertiary alicyclic amines) is 1. The zero-order valence-corrected chi connectivity index (χ0v) is 26.6. The van der Waals surface area contributed by atoms with Crippen molar-refractivity contribution in [3.8, 4) is 5.88 Å². The summed E-state index contributed by atoms with van der Waals surface area (Å²) in [5.74, 6) is 1.32. The third-order valence-corrected chi connectivity index (χ3v) is 9.55. The summed E-state index contributed by atoms with van der Waals surface area (Å²) in [5, 5.41) is 3.44. The van der Waals surface area contributed by atoms with Crippen LogP contribution in [0.5, 0.6) is 5.88 Å². The summed E-state index contributed by atoms with van der Waals surface area (Å²) in [7, 11) is 0. The Kier molecular flexibility index (Phi) is 9.48. The maximum absolute atomic E-state index is 14.2. The van der Waals surface area contributed by atoms with Crippen LogP contribution in [-0.2, 0) is 34.0 Å². The number of carbonyl (C=O) groups is 1. The second kappa shape index (κ2) is 14.0. The molecule has 2 atom stereocenters. The highest BCUT2D eigenvalue weighted by molar-refractivity contribution is 6.30. The molecule has 1 N–H and O–H groups in total. The minimum atomic E-state index is -0.387. The zero-order chi connectivity index (χ0) is 31.5. The molecule has 11 heteroatoms. The molecule has 0 aliphatic carbocycles. The van der Waals surface area contributed by atoms with E-state index in [1.54, 1.807) is 12.1 Å². The molecule has 0 saturated carbocycles. The van der Waals surface area contributed by atoms with Crippen molar-refractivity contribution < 1.29 is 23.4 Å². The van der Waals surface area contributed by atoms with Gasteiger partial charge in [-0.3, -0.25) is 9.69 Å². The number of carbonyl (C=O) groups excluding carboxylic acids is 1. The zero-order valence-electron chi connectivity index (χ0n) is 25.8. The van der Waals surface area contributed by atoms with Gasteiger partial charge in [0, 0.05) is 47.2 Å². The number of nitrogens with one attached hydrogen (secondary N) is 1. The Morgan fingerprint density at radius 1 is 1.04 bits per heavy atom. The number of hydrogen-bond acceptors (Lipinski definition) is 7. The number of amides is 1. The van der Waals surface area contributed by atoms with Crippen molar-refractivity contribution in [1.29, 1.82) is 0 Å². The van der Waals surface area contributed by atoms with Crippen LogP contribution in [0.3, 0.4) is 0 Å². The first-order valence-electron chi connectivity index (χ1n) is 16.2. The van der Waals surface area contributed by atoms with Gasteiger partial charge in [-0.15, -0.1) is 0 Å². The molecule has 3 aliphatic rings. The molecule has 9 nitrogen and oxygen atoms in total. The predicted octanol–water partition coefficient (Wildman–Crippen LogP) is 6.34. The first-order valence-corrected chi connectivity index (χ1v) is 16.6. The highest BCUT2D eigenvalue weighted by Gasteiger charge is 2.27. The van der Waals surface area contributed by atoms with Gasteiger partial charge in [-0.2, -0.15) is 0 Å². The Balaban J connectivity index is 0.996. The fourth-order valence-corrected chi connectivity index (χ4v) is 6.68. The molecule has 4 aromatic rings. The van der Waals surface area contributed by atoms with E-state index in [0.29, 0.717) is 29.0 Å². The van der Waals surface area contributed by atoms with Crippen molar-refractivity contribution >= 4 is 34.2 Å². The number of imidazole rings is 1. The fraction of sp³-hybridized carbons (Fsp3) is 0.457. The van der Waals surface area contributed by atoms with E-state index in [0.717, 1.165) is 99.7 Å². The summed E-state index contributed by atoms with van der Waals surface area (Å²) >= 11 is 5.87. The Hall–Kier alpha value is -3.57. The summed E-state index contributed by atoms with van der Waals surface area (Å²) in [5.41, 5.74) is 4.13. The second-order valence-corrected chi connectivity index (χ2v) is 12.9. The topological polar surface area (TPSA) is 90.7 Å². The van der Waals surface area contributed by atoms with E-state index in [9.17, 15) is 9.18 Å². The van der Waals surface area contributed by atoms with Gasteiger partial charge in [0.05, 0.1) is 42.8 Å². The van der Waals surface area contributed by atoms with E-state index >= 15 is 0 Å². The molecule has 242 valence electrons. The average Bonchev–Trinajstić information content (AvgIpc) is 3.38. The molecule has 3 saturated heterocycles. The van der Waals surface area contributed by atoms with E-state index < -0.39 is 0 Å². The van der Waals surface area contributed by atoms with Crippen LogP contribution in [0.1, 0.15) is 55.1 Å². The number of piperidine rings is 1. The van der Waals surface area contributed by atoms with Crippen LogP contribution < -0.4 is 10.1 Å². The molecule has 46 heavy (non-hydrogen) atoms. The van der Waals surface area contributed by atoms with Crippen molar-refractivity contribution in [2.24, 2.45) is 5.92 Å². The van der Waals surface area contributed by atoms with Gasteiger partial charge in [0.25, 0.3) is 0 Å². The molecule has 3 aliphatic heterocycles. The molecule has 0 bridgehead atoms. The van der Waals surface area contributed by atoms with Gasteiger partial charge in [0.2, 0.25) is 11.8 Å². The van der Waals surface area contributed by atoms with Crippen molar-refractivity contribution in [2.75, 3.05) is 38.2 Å². The minimum Gasteiger partial charge on any atom is -0.473 e. The lowest BCUT2D eigenvalue weighted by molar-refractivity contribution is -0.123. The number of anilines is 1. The van der Waals surface area contributed by atoms with Gasteiger partial charge in [0.1, 0.15) is 18.2 Å². The molecule has 0 spiro atoms. The highest BCUT2D eigenvalue weighted by Crippen LogP contribution is 2.30. The number of nitrogens with zero attached hydrogens (tertiary/aromatic N) is 4. The van der Waals surface area contributed by atoms with Crippen molar-refractivity contribution in [3.05, 3.63) is 82.5 Å². The van der Waals surface area contributed by atoms with Crippen LogP contribution in [0.25, 0.3) is 11.0 Å². The molecular formula is C35H39ClFN5O4. The maximum Gasteiger partial charge on any atom is 0.229 e. The summed E-state index contributed by atoms with van der Waals surface area (Å²) in [4.78, 5) is 25.1. The van der Waals surface area contributed by atoms with Crippen molar-refractivity contribution in [3.63, 3.8) is 0 Å². The van der Waals surface area contributed by atoms with Gasteiger partial charge in [0.15, 0.2) is 0 Å². The van der Waals surface area contributed by atoms with Crippen LogP contribution in [-0.4, -0.2) is 64.4 Å². The Labute approximate surface area is 273 Å². The Morgan fingerprint density at radius 2 is 1.91 bits per heavy atom. The summed E-state index contributed by atoms with van der Waals surface area (Å²) in [6.45, 7) is 5.44. The molecular weight excluding hydrogens is 609 g/mol. The number of aromatic nitrogens is 3. The number of benzene rings is 2. The monoisotopic (exact) mass is 647 g/mol. The quantitative estimate of drug-likeness (QED) is 0.215. The van der Waals surface area contributed by atoms with Gasteiger partial charge in [-0.05, 0) is 81.6 Å². The molecule has 2 aromatic carbocycles. The van der Waals surface area contributed by atoms with Crippen molar-refractivity contribution in [1.82, 2.24) is 19.4 Å². The Morgan fingerprint density at radius 3 is 2.67 bits per heavy atom. The number of pyridine rings is 1. The number of hydrogen-bond donors (Lipinski definition) is 1. The van der Waals surface area contributed by atoms with Gasteiger partial charge >= 0.3 is 0 Å². The number of rotatable bonds is 10. The summed E-state index contributed by atoms with van der Waals surface area (Å²) in [6.07, 6.45) is 4.95. The molecule has 0 radical (unpaired) electrons. The second-order valence-electron chi connectivity index (χ2n) is 12.5. The van der Waals surface area contributed by atoms with E-state index in [-0.39, 0.29) is 30.4 Å². The SMILES string of the molecule is O=C(Nc1ccc2c(c1)nc(CN1CCC(c3cccc(OCc4ccc(Cl)cc4F)n3)CC1)n2CC1CCO1)C1CCCOC1. The van der Waals surface area contributed by atoms with E-state index in [4.69, 9.17) is 35.8 Å². The standard InChI is InChI=1S/C35H39ClFN5O4/c36-26-7-6-24(29(37)17-26)22-46-34-5-1-4-30(40-34)23-10-13-41(14-11-23)20-33-39-31-18-27(38-35(43)25-3-2-15-44-21-25)8-9-32(31)42(33)19-28-12-16-45-28/h1,4-9,17-18,23,25,28H,2-3,10-16,19-22H2,(H,38,43). The first kappa shape index (κ1) is 31.1. The summed E-state index contributed by atoms with van der Waals surface area (Å²) in [6, 6.07) is 16.4. The number of ether oxygens (including phenoxy) is 3. The lowest BCUT2D eigenvalue weighted by Gasteiger charge is -2.32. The Bertz CT molecular complexity index is 1680. The molecule has 2 unspecified atom stereocenters. The van der Waals surface area contributed by atoms with E-state index in [1.165, 1.54) is 6.07 Å². The molecule has 7 rings (SSSR count). The minimum absolute atomic E-state index is 0.00601. The third kappa shape index (κ3) is 7.20. The third-order valence-electron chi connectivity index (χ3n) is 9.31. The van der Waals surface area contributed by atoms with Crippen molar-refractivity contribution in [2.45, 2.75) is 63.8 Å². The van der Waals surface area contributed by atoms with Crippen LogP contribution in [0.4, 0.5) is 10.1 Å². The first-order chi connectivity index (χ1) is 22.5. The fourth-order valence-electron chi connectivity index (χ4n) is 6.52. The summed E-state index contributed by atoms with van der Waals surface area (Å²) < 4.78 is 33.6.